The van der Waals surface area contributed by atoms with Crippen LogP contribution in [0.25, 0.3) is 0 Å². The fraction of sp³-hybridized carbons (Fsp3) is 0. The minimum Gasteiger partial charge on any atom is -0.412 e. The standard InChI is InChI=1S/2Dy.3H2O4S.8H2O/c;;3*1-5(2,3)4;;;;;;;;/h;;3*(H2,1,2,3,4);8*1H2. The maximum absolute atomic E-state index is 8.74. The molecule has 0 spiro atoms. The first-order chi connectivity index (χ1) is 6.00. The van der Waals surface area contributed by atoms with Crippen molar-refractivity contribution in [2.24, 2.45) is 0 Å². The molecule has 0 amide bonds. The van der Waals surface area contributed by atoms with Gasteiger partial charge in [-0.25, -0.2) is 0 Å². The van der Waals surface area contributed by atoms with E-state index in [1.54, 1.807) is 0 Å². The summed E-state index contributed by atoms with van der Waals surface area (Å²) in [5, 5.41) is 0. The maximum Gasteiger partial charge on any atom is 0.394 e. The van der Waals surface area contributed by atoms with Crippen molar-refractivity contribution in [3.05, 3.63) is 0 Å². The first-order valence-electron chi connectivity index (χ1n) is 2.10. The van der Waals surface area contributed by atoms with Crippen LogP contribution in [0.1, 0.15) is 0 Å². The van der Waals surface area contributed by atoms with E-state index in [0.717, 1.165) is 0 Å². The monoisotopic (exact) mass is 766 g/mol. The molecule has 0 fully saturated rings. The van der Waals surface area contributed by atoms with Gasteiger partial charge in [0, 0.05) is 76.3 Å². The minimum absolute atomic E-state index is 0. The smallest absolute Gasteiger partial charge is 0.394 e. The van der Waals surface area contributed by atoms with Gasteiger partial charge in [-0.1, -0.05) is 0 Å². The van der Waals surface area contributed by atoms with Gasteiger partial charge < -0.3 is 43.8 Å². The quantitative estimate of drug-likeness (QED) is 0.125. The molecule has 25 heavy (non-hydrogen) atoms. The normalized spacial score (nSPS) is 6.96. The molecule has 20 nitrogen and oxygen atoms in total. The molecule has 0 bridgehead atoms. The van der Waals surface area contributed by atoms with Gasteiger partial charge in [0.2, 0.25) is 0 Å². The van der Waals surface area contributed by atoms with E-state index in [0.29, 0.717) is 0 Å². The van der Waals surface area contributed by atoms with Crippen LogP contribution in [-0.2, 0) is 31.2 Å². The van der Waals surface area contributed by atoms with Crippen molar-refractivity contribution >= 4 is 31.2 Å². The van der Waals surface area contributed by atoms with Crippen LogP contribution in [0, 0.1) is 76.3 Å². The van der Waals surface area contributed by atoms with Crippen molar-refractivity contribution in [1.82, 2.24) is 0 Å². The van der Waals surface area contributed by atoms with Crippen LogP contribution < -0.4 is 0 Å². The summed E-state index contributed by atoms with van der Waals surface area (Å²) in [5.41, 5.74) is 0. The van der Waals surface area contributed by atoms with Gasteiger partial charge in [-0.2, -0.15) is 25.3 Å². The fourth-order valence-electron chi connectivity index (χ4n) is 0. The van der Waals surface area contributed by atoms with Gasteiger partial charge in [-0.3, -0.25) is 27.3 Å². The molecule has 0 aliphatic rings. The molecular formula is H22Dy2O20S3. The molecule has 0 atom stereocenters. The number of hydrogen-bond donors (Lipinski definition) is 6. The van der Waals surface area contributed by atoms with Crippen LogP contribution >= 0.6 is 0 Å². The largest absolute Gasteiger partial charge is 0.412 e. The van der Waals surface area contributed by atoms with Crippen molar-refractivity contribution in [2.45, 2.75) is 0 Å². The first kappa shape index (κ1) is 93.6. The molecule has 0 aliphatic carbocycles. The van der Waals surface area contributed by atoms with E-state index in [4.69, 9.17) is 52.6 Å². The van der Waals surface area contributed by atoms with E-state index < -0.39 is 31.2 Å². The van der Waals surface area contributed by atoms with Gasteiger partial charge in [-0.05, 0) is 0 Å². The Kier molecular flexibility index (Phi) is 152. The Morgan fingerprint density at radius 2 is 0.320 bits per heavy atom. The second-order valence-corrected chi connectivity index (χ2v) is 4.03. The molecule has 0 radical (unpaired) electrons. The maximum atomic E-state index is 8.74. The van der Waals surface area contributed by atoms with E-state index in [-0.39, 0.29) is 120 Å². The third-order valence-corrected chi connectivity index (χ3v) is 0. The average molecular weight is 763 g/mol. The summed E-state index contributed by atoms with van der Waals surface area (Å²) in [7, 11) is -14.0. The molecule has 25 heteroatoms. The van der Waals surface area contributed by atoms with E-state index in [1.165, 1.54) is 0 Å². The molecule has 180 valence electrons. The zero-order valence-electron chi connectivity index (χ0n) is 11.0. The summed E-state index contributed by atoms with van der Waals surface area (Å²) in [5.74, 6) is 0. The predicted octanol–water partition coefficient (Wildman–Crippen LogP) is -8.56. The molecule has 0 unspecified atom stereocenters. The van der Waals surface area contributed by atoms with E-state index in [9.17, 15) is 0 Å². The molecular weight excluding hydrogens is 741 g/mol. The van der Waals surface area contributed by atoms with E-state index in [1.807, 2.05) is 0 Å². The van der Waals surface area contributed by atoms with Gasteiger partial charge in [0.15, 0.2) is 0 Å². The first-order valence-corrected chi connectivity index (χ1v) is 6.29. The van der Waals surface area contributed by atoms with Crippen molar-refractivity contribution in [2.75, 3.05) is 0 Å². The molecule has 0 rings (SSSR count). The summed E-state index contributed by atoms with van der Waals surface area (Å²) in [6, 6.07) is 0. The number of rotatable bonds is 0. The van der Waals surface area contributed by atoms with Crippen molar-refractivity contribution in [3.8, 4) is 0 Å². The van der Waals surface area contributed by atoms with Gasteiger partial charge >= 0.3 is 31.2 Å². The van der Waals surface area contributed by atoms with E-state index in [2.05, 4.69) is 0 Å². The topological polar surface area (TPSA) is 476 Å². The second kappa shape index (κ2) is 40.5. The molecule has 0 saturated carbocycles. The van der Waals surface area contributed by atoms with Gasteiger partial charge in [0.05, 0.1) is 0 Å². The van der Waals surface area contributed by atoms with Crippen LogP contribution in [0.2, 0.25) is 0 Å². The van der Waals surface area contributed by atoms with Crippen LogP contribution in [0.3, 0.4) is 0 Å². The summed E-state index contributed by atoms with van der Waals surface area (Å²) in [6.45, 7) is 0. The summed E-state index contributed by atoms with van der Waals surface area (Å²) in [6.07, 6.45) is 0. The molecule has 0 aromatic heterocycles. The summed E-state index contributed by atoms with van der Waals surface area (Å²) >= 11 is 0. The van der Waals surface area contributed by atoms with Gasteiger partial charge in [0.25, 0.3) is 0 Å². The predicted molar refractivity (Wildman–Crippen MR) is 71.4 cm³/mol. The van der Waals surface area contributed by atoms with Crippen molar-refractivity contribution in [3.63, 3.8) is 0 Å². The second-order valence-electron chi connectivity index (χ2n) is 1.34. The van der Waals surface area contributed by atoms with Crippen LogP contribution in [0.15, 0.2) is 0 Å². The Hall–Kier alpha value is 1.84. The third kappa shape index (κ3) is 4360. The Balaban J connectivity index is -0.00000000655. The molecule has 22 N–H and O–H groups in total. The Morgan fingerprint density at radius 1 is 0.320 bits per heavy atom. The van der Waals surface area contributed by atoms with Crippen molar-refractivity contribution in [1.29, 1.82) is 0 Å². The zero-order chi connectivity index (χ0) is 13.5. The average Bonchev–Trinajstić information content (AvgIpc) is 1.41. The van der Waals surface area contributed by atoms with Crippen LogP contribution in [0.5, 0.6) is 0 Å². The van der Waals surface area contributed by atoms with E-state index >= 15 is 0 Å². The minimum atomic E-state index is -4.67. The Labute approximate surface area is 201 Å². The molecule has 0 aromatic rings. The van der Waals surface area contributed by atoms with Crippen LogP contribution in [0.4, 0.5) is 0 Å². The Morgan fingerprint density at radius 3 is 0.320 bits per heavy atom. The molecule has 0 aliphatic heterocycles. The van der Waals surface area contributed by atoms with Gasteiger partial charge in [-0.15, -0.1) is 0 Å². The molecule has 0 aromatic carbocycles. The van der Waals surface area contributed by atoms with Crippen molar-refractivity contribution < 1.29 is 173 Å². The molecule has 0 heterocycles. The summed E-state index contributed by atoms with van der Waals surface area (Å²) in [4.78, 5) is 0. The summed E-state index contributed by atoms with van der Waals surface area (Å²) < 4.78 is 94.8. The van der Waals surface area contributed by atoms with Gasteiger partial charge in [0.1, 0.15) is 0 Å². The molecule has 0 saturated heterocycles. The SMILES string of the molecule is O.O.O.O.O.O.O.O.O=S(=O)(O)O.O=S(=O)(O)O.O=S(=O)(O)O.[Dy].[Dy]. The number of hydrogen-bond acceptors (Lipinski definition) is 6. The fourth-order valence-corrected chi connectivity index (χ4v) is 0. The van der Waals surface area contributed by atoms with Crippen LogP contribution in [-0.4, -0.2) is 96.4 Å². The third-order valence-electron chi connectivity index (χ3n) is 0. The zero-order valence-corrected chi connectivity index (χ0v) is 17.5. The Bertz CT molecular complexity index is 344.